The first-order chi connectivity index (χ1) is 6.88. The summed E-state index contributed by atoms with van der Waals surface area (Å²) in [6.07, 6.45) is 1.14. The van der Waals surface area contributed by atoms with Crippen molar-refractivity contribution in [3.05, 3.63) is 0 Å². The van der Waals surface area contributed by atoms with Gasteiger partial charge in [0.1, 0.15) is 0 Å². The lowest BCUT2D eigenvalue weighted by atomic mass is 10.5. The van der Waals surface area contributed by atoms with E-state index in [1.807, 2.05) is 0 Å². The van der Waals surface area contributed by atoms with Crippen LogP contribution in [0.25, 0.3) is 0 Å². The normalized spacial score (nSPS) is 11.7. The molecule has 0 bridgehead atoms. The van der Waals surface area contributed by atoms with Crippen LogP contribution in [0.3, 0.4) is 0 Å². The number of amides is 1. The Bertz CT molecular complexity index is 289. The molecule has 0 aromatic carbocycles. The Labute approximate surface area is 90.6 Å². The van der Waals surface area contributed by atoms with Crippen molar-refractivity contribution >= 4 is 15.9 Å². The molecule has 0 aromatic heterocycles. The first kappa shape index (κ1) is 14.3. The average Bonchev–Trinajstić information content (AvgIpc) is 2.08. The van der Waals surface area contributed by atoms with Gasteiger partial charge >= 0.3 is 0 Å². The van der Waals surface area contributed by atoms with Crippen molar-refractivity contribution in [1.29, 1.82) is 0 Å². The Balaban J connectivity index is 4.08. The minimum absolute atomic E-state index is 0.171. The molecule has 7 heteroatoms. The highest BCUT2D eigenvalue weighted by molar-refractivity contribution is 7.88. The standard InChI is InChI=1S/C8H18N2O4S/c1-8(11)9-4-5-10(6-7-14-2)15(3,12)13/h4-7H2,1-3H3,(H,9,11). The fourth-order valence-corrected chi connectivity index (χ4v) is 1.82. The van der Waals surface area contributed by atoms with Crippen molar-refractivity contribution in [3.63, 3.8) is 0 Å². The number of nitrogens with zero attached hydrogens (tertiary/aromatic N) is 1. The van der Waals surface area contributed by atoms with Crippen LogP contribution >= 0.6 is 0 Å². The highest BCUT2D eigenvalue weighted by Gasteiger charge is 2.15. The predicted molar refractivity (Wildman–Crippen MR) is 57.0 cm³/mol. The van der Waals surface area contributed by atoms with E-state index >= 15 is 0 Å². The summed E-state index contributed by atoms with van der Waals surface area (Å²) in [5, 5.41) is 2.54. The van der Waals surface area contributed by atoms with E-state index in [1.54, 1.807) is 0 Å². The first-order valence-electron chi connectivity index (χ1n) is 4.56. The highest BCUT2D eigenvalue weighted by atomic mass is 32.2. The van der Waals surface area contributed by atoms with Gasteiger partial charge in [-0.05, 0) is 0 Å². The Morgan fingerprint density at radius 3 is 2.40 bits per heavy atom. The third kappa shape index (κ3) is 7.29. The molecule has 0 aromatic rings. The molecule has 0 atom stereocenters. The van der Waals surface area contributed by atoms with E-state index in [1.165, 1.54) is 18.3 Å². The molecule has 0 aliphatic heterocycles. The monoisotopic (exact) mass is 238 g/mol. The Morgan fingerprint density at radius 2 is 2.00 bits per heavy atom. The molecule has 0 radical (unpaired) electrons. The number of ether oxygens (including phenoxy) is 1. The molecule has 0 rings (SSSR count). The molecule has 0 saturated carbocycles. The first-order valence-corrected chi connectivity index (χ1v) is 6.41. The van der Waals surface area contributed by atoms with E-state index in [0.29, 0.717) is 19.7 Å². The maximum absolute atomic E-state index is 11.3. The molecule has 0 spiro atoms. The van der Waals surface area contributed by atoms with Gasteiger partial charge in [-0.1, -0.05) is 0 Å². The van der Waals surface area contributed by atoms with Crippen LogP contribution in [0.15, 0.2) is 0 Å². The van der Waals surface area contributed by atoms with E-state index in [9.17, 15) is 13.2 Å². The summed E-state index contributed by atoms with van der Waals surface area (Å²) in [5.41, 5.74) is 0. The molecule has 0 unspecified atom stereocenters. The van der Waals surface area contributed by atoms with Gasteiger partial charge in [0.05, 0.1) is 12.9 Å². The van der Waals surface area contributed by atoms with E-state index in [-0.39, 0.29) is 12.5 Å². The van der Waals surface area contributed by atoms with Gasteiger partial charge in [-0.3, -0.25) is 4.79 Å². The fraction of sp³-hybridized carbons (Fsp3) is 0.875. The Hall–Kier alpha value is -0.660. The zero-order valence-corrected chi connectivity index (χ0v) is 10.1. The summed E-state index contributed by atoms with van der Waals surface area (Å²) in [6, 6.07) is 0. The Kier molecular flexibility index (Phi) is 6.46. The lowest BCUT2D eigenvalue weighted by molar-refractivity contribution is -0.118. The van der Waals surface area contributed by atoms with Gasteiger partial charge in [0.2, 0.25) is 15.9 Å². The molecule has 0 fully saturated rings. The number of rotatable bonds is 7. The van der Waals surface area contributed by atoms with Gasteiger partial charge in [0.25, 0.3) is 0 Å². The summed E-state index contributed by atoms with van der Waals surface area (Å²) in [7, 11) is -1.72. The van der Waals surface area contributed by atoms with E-state index in [2.05, 4.69) is 5.32 Å². The molecular formula is C8H18N2O4S. The van der Waals surface area contributed by atoms with Gasteiger partial charge < -0.3 is 10.1 Å². The topological polar surface area (TPSA) is 75.7 Å². The number of hydrogen-bond donors (Lipinski definition) is 1. The summed E-state index contributed by atoms with van der Waals surface area (Å²) in [5.74, 6) is -0.171. The second-order valence-corrected chi connectivity index (χ2v) is 5.12. The quantitative estimate of drug-likeness (QED) is 0.619. The minimum Gasteiger partial charge on any atom is -0.383 e. The number of hydrogen-bond acceptors (Lipinski definition) is 4. The van der Waals surface area contributed by atoms with Crippen molar-refractivity contribution in [2.24, 2.45) is 0 Å². The SMILES string of the molecule is COCCN(CCNC(C)=O)S(C)(=O)=O. The summed E-state index contributed by atoms with van der Waals surface area (Å²) in [4.78, 5) is 10.6. The minimum atomic E-state index is -3.23. The number of carbonyl (C=O) groups is 1. The van der Waals surface area contributed by atoms with Gasteiger partial charge in [-0.2, -0.15) is 4.31 Å². The van der Waals surface area contributed by atoms with Crippen LogP contribution < -0.4 is 5.32 Å². The van der Waals surface area contributed by atoms with Gasteiger partial charge in [0, 0.05) is 33.7 Å². The van der Waals surface area contributed by atoms with Crippen molar-refractivity contribution in [2.45, 2.75) is 6.92 Å². The van der Waals surface area contributed by atoms with Gasteiger partial charge in [-0.25, -0.2) is 8.42 Å². The zero-order valence-electron chi connectivity index (χ0n) is 9.32. The fourth-order valence-electron chi connectivity index (χ4n) is 0.993. The van der Waals surface area contributed by atoms with Crippen LogP contribution in [-0.2, 0) is 19.6 Å². The molecule has 0 aliphatic carbocycles. The lowest BCUT2D eigenvalue weighted by Crippen LogP contribution is -2.39. The molecule has 90 valence electrons. The van der Waals surface area contributed by atoms with Crippen LogP contribution in [0.4, 0.5) is 0 Å². The molecule has 0 heterocycles. The lowest BCUT2D eigenvalue weighted by Gasteiger charge is -2.19. The van der Waals surface area contributed by atoms with Gasteiger partial charge in [-0.15, -0.1) is 0 Å². The third-order valence-corrected chi connectivity index (χ3v) is 3.05. The smallest absolute Gasteiger partial charge is 0.216 e. The maximum atomic E-state index is 11.3. The summed E-state index contributed by atoms with van der Waals surface area (Å²) in [6.45, 7) is 2.61. The number of carbonyl (C=O) groups excluding carboxylic acids is 1. The zero-order chi connectivity index (χ0) is 11.9. The van der Waals surface area contributed by atoms with Crippen molar-refractivity contribution in [1.82, 2.24) is 9.62 Å². The van der Waals surface area contributed by atoms with Crippen LogP contribution in [-0.4, -0.2) is 58.2 Å². The van der Waals surface area contributed by atoms with Crippen molar-refractivity contribution in [3.8, 4) is 0 Å². The molecule has 15 heavy (non-hydrogen) atoms. The molecular weight excluding hydrogens is 220 g/mol. The third-order valence-electron chi connectivity index (χ3n) is 1.75. The van der Waals surface area contributed by atoms with Crippen LogP contribution in [0.5, 0.6) is 0 Å². The van der Waals surface area contributed by atoms with Crippen LogP contribution in [0, 0.1) is 0 Å². The van der Waals surface area contributed by atoms with Crippen molar-refractivity contribution < 1.29 is 17.9 Å². The van der Waals surface area contributed by atoms with Gasteiger partial charge in [0.15, 0.2) is 0 Å². The van der Waals surface area contributed by atoms with Crippen LogP contribution in [0.2, 0.25) is 0 Å². The molecule has 1 amide bonds. The maximum Gasteiger partial charge on any atom is 0.216 e. The summed E-state index contributed by atoms with van der Waals surface area (Å²) >= 11 is 0. The molecule has 1 N–H and O–H groups in total. The molecule has 0 aliphatic rings. The average molecular weight is 238 g/mol. The number of methoxy groups -OCH3 is 1. The molecule has 0 saturated heterocycles. The molecule has 6 nitrogen and oxygen atoms in total. The van der Waals surface area contributed by atoms with E-state index in [4.69, 9.17) is 4.74 Å². The predicted octanol–water partition coefficient (Wildman–Crippen LogP) is -0.969. The second kappa shape index (κ2) is 6.76. The number of nitrogens with one attached hydrogen (secondary N) is 1. The van der Waals surface area contributed by atoms with Crippen molar-refractivity contribution in [2.75, 3.05) is 39.6 Å². The van der Waals surface area contributed by atoms with Crippen LogP contribution in [0.1, 0.15) is 6.92 Å². The Morgan fingerprint density at radius 1 is 1.40 bits per heavy atom. The van der Waals surface area contributed by atoms with E-state index in [0.717, 1.165) is 6.26 Å². The highest BCUT2D eigenvalue weighted by Crippen LogP contribution is 1.96. The van der Waals surface area contributed by atoms with E-state index < -0.39 is 10.0 Å². The summed E-state index contributed by atoms with van der Waals surface area (Å²) < 4.78 is 28.6. The second-order valence-electron chi connectivity index (χ2n) is 3.14. The number of sulfonamides is 1. The largest absolute Gasteiger partial charge is 0.383 e.